The molecule has 0 bridgehead atoms. The summed E-state index contributed by atoms with van der Waals surface area (Å²) in [6.07, 6.45) is 10.2. The van der Waals surface area contributed by atoms with Gasteiger partial charge in [-0.1, -0.05) is 52.2 Å². The maximum absolute atomic E-state index is 10.2. The highest BCUT2D eigenvalue weighted by Crippen LogP contribution is 2.21. The number of rotatable bonds is 7. The van der Waals surface area contributed by atoms with Gasteiger partial charge in [0.1, 0.15) is 0 Å². The van der Waals surface area contributed by atoms with Gasteiger partial charge in [-0.25, -0.2) is 0 Å². The highest BCUT2D eigenvalue weighted by atomic mass is 16.3. The fraction of sp³-hybridized carbons (Fsp3) is 0.833. The molecule has 78 valence electrons. The first-order valence-corrected chi connectivity index (χ1v) is 5.58. The second kappa shape index (κ2) is 7.14. The molecular weight excluding hydrogens is 160 g/mol. The lowest BCUT2D eigenvalue weighted by Crippen LogP contribution is -2.25. The van der Waals surface area contributed by atoms with Crippen LogP contribution in [-0.2, 0) is 0 Å². The van der Waals surface area contributed by atoms with E-state index in [4.69, 9.17) is 0 Å². The van der Waals surface area contributed by atoms with E-state index in [1.165, 1.54) is 0 Å². The molecule has 0 amide bonds. The van der Waals surface area contributed by atoms with Crippen LogP contribution >= 0.6 is 0 Å². The van der Waals surface area contributed by atoms with Crippen LogP contribution in [0.15, 0.2) is 12.2 Å². The van der Waals surface area contributed by atoms with E-state index in [0.717, 1.165) is 38.5 Å². The molecule has 0 heterocycles. The Kier molecular flexibility index (Phi) is 6.97. The molecule has 0 aliphatic carbocycles. The largest absolute Gasteiger partial charge is 0.386 e. The van der Waals surface area contributed by atoms with Crippen molar-refractivity contribution in [2.45, 2.75) is 64.9 Å². The Morgan fingerprint density at radius 2 is 1.54 bits per heavy atom. The van der Waals surface area contributed by atoms with Gasteiger partial charge in [0.25, 0.3) is 0 Å². The van der Waals surface area contributed by atoms with Gasteiger partial charge in [0, 0.05) is 0 Å². The third kappa shape index (κ3) is 5.87. The SMILES string of the molecule is CCC/C=C/C(O)(CCC)CCC. The van der Waals surface area contributed by atoms with Crippen LogP contribution in [0.4, 0.5) is 0 Å². The Balaban J connectivity index is 4.05. The summed E-state index contributed by atoms with van der Waals surface area (Å²) in [6, 6.07) is 0. The van der Waals surface area contributed by atoms with Crippen molar-refractivity contribution in [2.75, 3.05) is 0 Å². The minimum absolute atomic E-state index is 0.529. The topological polar surface area (TPSA) is 20.2 Å². The first-order chi connectivity index (χ1) is 6.18. The molecule has 0 aromatic rings. The minimum Gasteiger partial charge on any atom is -0.386 e. The van der Waals surface area contributed by atoms with Crippen LogP contribution in [0.2, 0.25) is 0 Å². The van der Waals surface area contributed by atoms with E-state index in [2.05, 4.69) is 26.8 Å². The van der Waals surface area contributed by atoms with Gasteiger partial charge in [-0.2, -0.15) is 0 Å². The second-order valence-electron chi connectivity index (χ2n) is 3.79. The summed E-state index contributed by atoms with van der Waals surface area (Å²) in [7, 11) is 0. The zero-order valence-corrected chi connectivity index (χ0v) is 9.34. The van der Waals surface area contributed by atoms with Crippen LogP contribution in [0.3, 0.4) is 0 Å². The summed E-state index contributed by atoms with van der Waals surface area (Å²) in [5.74, 6) is 0. The molecule has 0 saturated heterocycles. The average Bonchev–Trinajstić information content (AvgIpc) is 2.05. The zero-order chi connectivity index (χ0) is 10.2. The first-order valence-electron chi connectivity index (χ1n) is 5.58. The monoisotopic (exact) mass is 184 g/mol. The standard InChI is InChI=1S/C12H24O/c1-4-7-8-11-12(13,9-5-2)10-6-3/h8,11,13H,4-7,9-10H2,1-3H3/b11-8+. The van der Waals surface area contributed by atoms with Gasteiger partial charge >= 0.3 is 0 Å². The van der Waals surface area contributed by atoms with Gasteiger partial charge < -0.3 is 5.11 Å². The zero-order valence-electron chi connectivity index (χ0n) is 9.34. The van der Waals surface area contributed by atoms with Crippen LogP contribution in [-0.4, -0.2) is 10.7 Å². The Bertz CT molecular complexity index is 132. The van der Waals surface area contributed by atoms with Gasteiger partial charge in [-0.15, -0.1) is 0 Å². The number of aliphatic hydroxyl groups is 1. The Labute approximate surface area is 82.9 Å². The molecule has 0 unspecified atom stereocenters. The average molecular weight is 184 g/mol. The fourth-order valence-electron chi connectivity index (χ4n) is 1.63. The maximum atomic E-state index is 10.2. The van der Waals surface area contributed by atoms with Crippen LogP contribution < -0.4 is 0 Å². The third-order valence-electron chi connectivity index (χ3n) is 2.25. The predicted molar refractivity (Wildman–Crippen MR) is 58.8 cm³/mol. The van der Waals surface area contributed by atoms with Gasteiger partial charge in [0.05, 0.1) is 5.60 Å². The molecule has 0 aliphatic heterocycles. The molecule has 0 spiro atoms. The van der Waals surface area contributed by atoms with Crippen LogP contribution in [0, 0.1) is 0 Å². The number of hydrogen-bond donors (Lipinski definition) is 1. The van der Waals surface area contributed by atoms with Crippen LogP contribution in [0.1, 0.15) is 59.3 Å². The van der Waals surface area contributed by atoms with E-state index < -0.39 is 5.60 Å². The summed E-state index contributed by atoms with van der Waals surface area (Å²) < 4.78 is 0. The van der Waals surface area contributed by atoms with Crippen molar-refractivity contribution in [3.8, 4) is 0 Å². The Hall–Kier alpha value is -0.300. The van der Waals surface area contributed by atoms with Crippen molar-refractivity contribution >= 4 is 0 Å². The van der Waals surface area contributed by atoms with Crippen molar-refractivity contribution < 1.29 is 5.11 Å². The molecule has 0 radical (unpaired) electrons. The fourth-order valence-corrected chi connectivity index (χ4v) is 1.63. The smallest absolute Gasteiger partial charge is 0.0827 e. The highest BCUT2D eigenvalue weighted by Gasteiger charge is 2.20. The molecule has 0 fully saturated rings. The van der Waals surface area contributed by atoms with Crippen molar-refractivity contribution in [2.24, 2.45) is 0 Å². The quantitative estimate of drug-likeness (QED) is 0.598. The lowest BCUT2D eigenvalue weighted by Gasteiger charge is -2.23. The molecule has 1 heteroatoms. The second-order valence-corrected chi connectivity index (χ2v) is 3.79. The van der Waals surface area contributed by atoms with Gasteiger partial charge in [0.2, 0.25) is 0 Å². The van der Waals surface area contributed by atoms with E-state index in [1.807, 2.05) is 6.08 Å². The first kappa shape index (κ1) is 12.7. The third-order valence-corrected chi connectivity index (χ3v) is 2.25. The Morgan fingerprint density at radius 1 is 1.00 bits per heavy atom. The molecule has 0 atom stereocenters. The van der Waals surface area contributed by atoms with E-state index in [9.17, 15) is 5.11 Å². The highest BCUT2D eigenvalue weighted by molar-refractivity contribution is 5.00. The van der Waals surface area contributed by atoms with Crippen molar-refractivity contribution in [1.29, 1.82) is 0 Å². The molecule has 1 nitrogen and oxygen atoms in total. The lowest BCUT2D eigenvalue weighted by atomic mass is 9.92. The summed E-state index contributed by atoms with van der Waals surface area (Å²) in [6.45, 7) is 6.39. The van der Waals surface area contributed by atoms with Crippen LogP contribution in [0.25, 0.3) is 0 Å². The van der Waals surface area contributed by atoms with E-state index in [-0.39, 0.29) is 0 Å². The van der Waals surface area contributed by atoms with E-state index in [1.54, 1.807) is 0 Å². The molecule has 0 aromatic heterocycles. The number of unbranched alkanes of at least 4 members (excludes halogenated alkanes) is 1. The molecule has 13 heavy (non-hydrogen) atoms. The molecule has 0 saturated carbocycles. The van der Waals surface area contributed by atoms with Crippen molar-refractivity contribution in [3.63, 3.8) is 0 Å². The summed E-state index contributed by atoms with van der Waals surface area (Å²) >= 11 is 0. The number of allylic oxidation sites excluding steroid dienone is 1. The molecule has 1 N–H and O–H groups in total. The van der Waals surface area contributed by atoms with Crippen LogP contribution in [0.5, 0.6) is 0 Å². The summed E-state index contributed by atoms with van der Waals surface area (Å²) in [5, 5.41) is 10.2. The Morgan fingerprint density at radius 3 is 1.92 bits per heavy atom. The molecule has 0 aromatic carbocycles. The summed E-state index contributed by atoms with van der Waals surface area (Å²) in [4.78, 5) is 0. The maximum Gasteiger partial charge on any atom is 0.0827 e. The van der Waals surface area contributed by atoms with Crippen molar-refractivity contribution in [3.05, 3.63) is 12.2 Å². The van der Waals surface area contributed by atoms with Gasteiger partial charge in [-0.05, 0) is 19.3 Å². The van der Waals surface area contributed by atoms with Gasteiger partial charge in [0.15, 0.2) is 0 Å². The predicted octanol–water partition coefficient (Wildman–Crippen LogP) is 3.67. The van der Waals surface area contributed by atoms with E-state index in [0.29, 0.717) is 0 Å². The minimum atomic E-state index is -0.529. The number of hydrogen-bond acceptors (Lipinski definition) is 1. The van der Waals surface area contributed by atoms with E-state index >= 15 is 0 Å². The summed E-state index contributed by atoms with van der Waals surface area (Å²) in [5.41, 5.74) is -0.529. The van der Waals surface area contributed by atoms with Gasteiger partial charge in [-0.3, -0.25) is 0 Å². The lowest BCUT2D eigenvalue weighted by molar-refractivity contribution is 0.0703. The molecule has 0 aliphatic rings. The normalized spacial score (nSPS) is 12.6. The molecule has 0 rings (SSSR count). The van der Waals surface area contributed by atoms with Crippen molar-refractivity contribution in [1.82, 2.24) is 0 Å². The molecular formula is C12H24O.